The van der Waals surface area contributed by atoms with Gasteiger partial charge < -0.3 is 5.32 Å². The third kappa shape index (κ3) is 3.70. The minimum absolute atomic E-state index is 0.110. The molecule has 2 aromatic rings. The Morgan fingerprint density at radius 2 is 1.95 bits per heavy atom. The van der Waals surface area contributed by atoms with Crippen molar-refractivity contribution in [3.63, 3.8) is 0 Å². The maximum absolute atomic E-state index is 12.1. The molecule has 0 spiro atoms. The Hall–Kier alpha value is -1.22. The van der Waals surface area contributed by atoms with Gasteiger partial charge in [0.05, 0.1) is 13.6 Å². The Bertz CT molecular complexity index is 784. The van der Waals surface area contributed by atoms with Crippen LogP contribution in [0, 0.1) is 6.92 Å². The van der Waals surface area contributed by atoms with Crippen LogP contribution >= 0.6 is 27.3 Å². The number of benzene rings is 1. The Morgan fingerprint density at radius 3 is 2.52 bits per heavy atom. The lowest BCUT2D eigenvalue weighted by Crippen LogP contribution is -2.19. The fourth-order valence-corrected chi connectivity index (χ4v) is 3.68. The number of nitrogens with one attached hydrogen (secondary N) is 2. The third-order valence-corrected chi connectivity index (χ3v) is 5.87. The molecule has 21 heavy (non-hydrogen) atoms. The van der Waals surface area contributed by atoms with Crippen molar-refractivity contribution in [2.24, 2.45) is 0 Å². The summed E-state index contributed by atoms with van der Waals surface area (Å²) in [4.78, 5) is 12.8. The predicted molar refractivity (Wildman–Crippen MR) is 87.4 cm³/mol. The molecular weight excluding hydrogens is 376 g/mol. The second-order valence-corrected chi connectivity index (χ2v) is 8.59. The van der Waals surface area contributed by atoms with E-state index in [0.29, 0.717) is 10.6 Å². The molecule has 1 heterocycles. The van der Waals surface area contributed by atoms with Crippen LogP contribution in [0.1, 0.15) is 15.2 Å². The van der Waals surface area contributed by atoms with E-state index in [1.165, 1.54) is 30.5 Å². The Balaban J connectivity index is 2.32. The zero-order valence-electron chi connectivity index (χ0n) is 11.3. The molecule has 112 valence electrons. The largest absolute Gasteiger partial charge is 0.321 e. The molecule has 1 amide bonds. The van der Waals surface area contributed by atoms with Gasteiger partial charge in [-0.2, -0.15) is 0 Å². The van der Waals surface area contributed by atoms with E-state index in [-0.39, 0.29) is 10.8 Å². The molecule has 0 atom stereocenters. The monoisotopic (exact) mass is 388 g/mol. The Kier molecular flexibility index (Phi) is 4.82. The molecular formula is C13H13BrN2O3S2. The number of rotatable bonds is 4. The predicted octanol–water partition coefficient (Wildman–Crippen LogP) is 2.98. The van der Waals surface area contributed by atoms with E-state index in [4.69, 9.17) is 0 Å². The van der Waals surface area contributed by atoms with E-state index >= 15 is 0 Å². The second-order valence-electron chi connectivity index (χ2n) is 4.24. The van der Waals surface area contributed by atoms with Crippen molar-refractivity contribution in [2.75, 3.05) is 12.4 Å². The first-order chi connectivity index (χ1) is 9.83. The smallest absolute Gasteiger partial charge is 0.265 e. The first kappa shape index (κ1) is 16.2. The highest BCUT2D eigenvalue weighted by Gasteiger charge is 2.15. The average Bonchev–Trinajstić information content (AvgIpc) is 2.87. The van der Waals surface area contributed by atoms with Gasteiger partial charge in [-0.25, -0.2) is 13.1 Å². The topological polar surface area (TPSA) is 75.3 Å². The van der Waals surface area contributed by atoms with E-state index < -0.39 is 10.0 Å². The summed E-state index contributed by atoms with van der Waals surface area (Å²) in [5.41, 5.74) is 1.26. The molecule has 1 aromatic heterocycles. The molecule has 0 radical (unpaired) electrons. The van der Waals surface area contributed by atoms with E-state index in [1.807, 2.05) is 0 Å². The summed E-state index contributed by atoms with van der Waals surface area (Å²) in [5, 5.41) is 2.73. The summed E-state index contributed by atoms with van der Waals surface area (Å²) in [6.07, 6.45) is 0. The van der Waals surface area contributed by atoms with Gasteiger partial charge in [0.25, 0.3) is 5.91 Å². The van der Waals surface area contributed by atoms with Gasteiger partial charge in [-0.1, -0.05) is 6.07 Å². The van der Waals surface area contributed by atoms with Crippen LogP contribution in [-0.2, 0) is 10.0 Å². The Morgan fingerprint density at radius 1 is 1.24 bits per heavy atom. The lowest BCUT2D eigenvalue weighted by atomic mass is 10.2. The van der Waals surface area contributed by atoms with Crippen LogP contribution in [0.5, 0.6) is 0 Å². The van der Waals surface area contributed by atoms with Crippen molar-refractivity contribution in [1.29, 1.82) is 0 Å². The molecule has 0 aliphatic heterocycles. The number of amides is 1. The zero-order chi connectivity index (χ0) is 15.6. The fraction of sp³-hybridized carbons (Fsp3) is 0.154. The van der Waals surface area contributed by atoms with Crippen LogP contribution in [-0.4, -0.2) is 21.4 Å². The number of anilines is 1. The molecule has 0 aliphatic carbocycles. The zero-order valence-corrected chi connectivity index (χ0v) is 14.5. The van der Waals surface area contributed by atoms with Crippen molar-refractivity contribution >= 4 is 48.9 Å². The number of sulfonamides is 1. The van der Waals surface area contributed by atoms with Crippen LogP contribution in [0.3, 0.4) is 0 Å². The normalized spacial score (nSPS) is 11.4. The molecule has 8 heteroatoms. The first-order valence-electron chi connectivity index (χ1n) is 5.94. The van der Waals surface area contributed by atoms with Gasteiger partial charge in [-0.15, -0.1) is 11.3 Å². The highest BCUT2D eigenvalue weighted by atomic mass is 79.9. The highest BCUT2D eigenvalue weighted by Crippen LogP contribution is 2.25. The van der Waals surface area contributed by atoms with E-state index in [2.05, 4.69) is 26.0 Å². The number of hydrogen-bond acceptors (Lipinski definition) is 4. The summed E-state index contributed by atoms with van der Waals surface area (Å²) in [7, 11) is -2.20. The van der Waals surface area contributed by atoms with Gasteiger partial charge in [0, 0.05) is 5.69 Å². The van der Waals surface area contributed by atoms with Crippen LogP contribution in [0.4, 0.5) is 5.69 Å². The summed E-state index contributed by atoms with van der Waals surface area (Å²) in [6.45, 7) is 1.80. The first-order valence-corrected chi connectivity index (χ1v) is 9.03. The SMILES string of the molecule is CNS(=O)(=O)c1ccc(C)c(NC(=O)c2ccc(Br)s2)c1. The number of hydrogen-bond donors (Lipinski definition) is 2. The lowest BCUT2D eigenvalue weighted by Gasteiger charge is -2.10. The highest BCUT2D eigenvalue weighted by molar-refractivity contribution is 9.11. The maximum atomic E-state index is 12.1. The van der Waals surface area contributed by atoms with E-state index in [0.717, 1.165) is 9.35 Å². The fourth-order valence-electron chi connectivity index (χ4n) is 1.64. The molecule has 1 aromatic carbocycles. The summed E-state index contributed by atoms with van der Waals surface area (Å²) in [6, 6.07) is 8.09. The van der Waals surface area contributed by atoms with Crippen molar-refractivity contribution < 1.29 is 13.2 Å². The second kappa shape index (κ2) is 6.27. The van der Waals surface area contributed by atoms with Gasteiger partial charge in [-0.05, 0) is 59.7 Å². The third-order valence-electron chi connectivity index (χ3n) is 2.83. The minimum atomic E-state index is -3.54. The summed E-state index contributed by atoms with van der Waals surface area (Å²) < 4.78 is 26.7. The van der Waals surface area contributed by atoms with Crippen molar-refractivity contribution in [3.05, 3.63) is 44.6 Å². The van der Waals surface area contributed by atoms with Crippen LogP contribution in [0.2, 0.25) is 0 Å². The number of thiophene rings is 1. The van der Waals surface area contributed by atoms with Crippen LogP contribution in [0.25, 0.3) is 0 Å². The number of halogens is 1. The Labute approximate surface area is 135 Å². The number of carbonyl (C=O) groups is 1. The number of aryl methyl sites for hydroxylation is 1. The van der Waals surface area contributed by atoms with Gasteiger partial charge >= 0.3 is 0 Å². The lowest BCUT2D eigenvalue weighted by molar-refractivity contribution is 0.103. The molecule has 0 saturated heterocycles. The molecule has 2 N–H and O–H groups in total. The van der Waals surface area contributed by atoms with E-state index in [1.54, 1.807) is 25.1 Å². The van der Waals surface area contributed by atoms with Gasteiger partial charge in [0.1, 0.15) is 0 Å². The van der Waals surface area contributed by atoms with Crippen LogP contribution in [0.15, 0.2) is 39.0 Å². The number of carbonyl (C=O) groups excluding carboxylic acids is 1. The molecule has 0 saturated carbocycles. The molecule has 5 nitrogen and oxygen atoms in total. The summed E-state index contributed by atoms with van der Waals surface area (Å²) in [5.74, 6) is -0.271. The molecule has 0 unspecified atom stereocenters. The van der Waals surface area contributed by atoms with Crippen molar-refractivity contribution in [3.8, 4) is 0 Å². The van der Waals surface area contributed by atoms with Gasteiger partial charge in [0.2, 0.25) is 10.0 Å². The quantitative estimate of drug-likeness (QED) is 0.844. The van der Waals surface area contributed by atoms with Crippen molar-refractivity contribution in [1.82, 2.24) is 4.72 Å². The maximum Gasteiger partial charge on any atom is 0.265 e. The van der Waals surface area contributed by atoms with Crippen LogP contribution < -0.4 is 10.0 Å². The van der Waals surface area contributed by atoms with Crippen molar-refractivity contribution in [2.45, 2.75) is 11.8 Å². The molecule has 0 bridgehead atoms. The van der Waals surface area contributed by atoms with E-state index in [9.17, 15) is 13.2 Å². The van der Waals surface area contributed by atoms with Gasteiger partial charge in [-0.3, -0.25) is 4.79 Å². The summed E-state index contributed by atoms with van der Waals surface area (Å²) >= 11 is 4.61. The molecule has 0 fully saturated rings. The molecule has 0 aliphatic rings. The minimum Gasteiger partial charge on any atom is -0.321 e. The van der Waals surface area contributed by atoms with Gasteiger partial charge in [0.15, 0.2) is 0 Å². The molecule has 2 rings (SSSR count). The average molecular weight is 389 g/mol. The standard InChI is InChI=1S/C13H13BrN2O3S2/c1-8-3-4-9(21(18,19)15-2)7-10(8)16-13(17)11-5-6-12(14)20-11/h3-7,15H,1-2H3,(H,16,17).